The molecular formula is C22H23ClFN7O2. The Morgan fingerprint density at radius 1 is 1.12 bits per heavy atom. The summed E-state index contributed by atoms with van der Waals surface area (Å²) in [5.41, 5.74) is 0.713. The topological polar surface area (TPSA) is 90.2 Å². The number of rotatable bonds is 7. The molecule has 0 radical (unpaired) electrons. The van der Waals surface area contributed by atoms with Crippen molar-refractivity contribution in [2.75, 3.05) is 25.0 Å². The summed E-state index contributed by atoms with van der Waals surface area (Å²) in [5, 5.41) is 8.18. The van der Waals surface area contributed by atoms with Crippen molar-refractivity contribution in [3.8, 4) is 17.4 Å². The van der Waals surface area contributed by atoms with E-state index < -0.39 is 5.82 Å². The summed E-state index contributed by atoms with van der Waals surface area (Å²) < 4.78 is 27.8. The summed E-state index contributed by atoms with van der Waals surface area (Å²) in [6.45, 7) is 4.75. The Morgan fingerprint density at radius 3 is 2.70 bits per heavy atom. The van der Waals surface area contributed by atoms with Crippen molar-refractivity contribution in [1.29, 1.82) is 0 Å². The Kier molecular flexibility index (Phi) is 6.57. The molecular weight excluding hydrogens is 449 g/mol. The van der Waals surface area contributed by atoms with Gasteiger partial charge in [-0.25, -0.2) is 19.3 Å². The van der Waals surface area contributed by atoms with Gasteiger partial charge in [-0.2, -0.15) is 5.10 Å². The highest BCUT2D eigenvalue weighted by atomic mass is 35.5. The van der Waals surface area contributed by atoms with Gasteiger partial charge >= 0.3 is 0 Å². The smallest absolute Gasteiger partial charge is 0.256 e. The first kappa shape index (κ1) is 22.7. The fraction of sp³-hybridized carbons (Fsp3) is 0.273. The molecule has 9 nitrogen and oxygen atoms in total. The van der Waals surface area contributed by atoms with Crippen LogP contribution < -0.4 is 14.8 Å². The molecule has 0 saturated carbocycles. The number of hydrogen-bond acceptors (Lipinski definition) is 8. The molecule has 1 aliphatic rings. The summed E-state index contributed by atoms with van der Waals surface area (Å²) in [6.07, 6.45) is 4.84. The van der Waals surface area contributed by atoms with Crippen LogP contribution in [0.2, 0.25) is 0 Å². The lowest BCUT2D eigenvalue weighted by molar-refractivity contribution is 0.0233. The Bertz CT molecular complexity index is 1260. The van der Waals surface area contributed by atoms with Crippen molar-refractivity contribution in [3.63, 3.8) is 0 Å². The fourth-order valence-electron chi connectivity index (χ4n) is 3.51. The van der Waals surface area contributed by atoms with Gasteiger partial charge in [0.15, 0.2) is 11.6 Å². The molecule has 0 spiro atoms. The molecule has 4 heterocycles. The van der Waals surface area contributed by atoms with Crippen LogP contribution in [0.5, 0.6) is 17.4 Å². The number of aryl methyl sites for hydroxylation is 1. The minimum atomic E-state index is -0.592. The molecule has 0 atom stereocenters. The van der Waals surface area contributed by atoms with Crippen LogP contribution in [0.25, 0.3) is 10.9 Å². The van der Waals surface area contributed by atoms with E-state index in [4.69, 9.17) is 9.47 Å². The molecule has 4 aromatic rings. The number of benzene rings is 1. The number of aromatic nitrogens is 5. The summed E-state index contributed by atoms with van der Waals surface area (Å²) in [5.74, 6) is 1.30. The van der Waals surface area contributed by atoms with E-state index in [9.17, 15) is 4.39 Å². The lowest BCUT2D eigenvalue weighted by Crippen LogP contribution is -2.53. The lowest BCUT2D eigenvalue weighted by Gasteiger charge is -2.38. The molecule has 1 aliphatic heterocycles. The number of nitrogens with one attached hydrogen (secondary N) is 1. The van der Waals surface area contributed by atoms with Crippen LogP contribution in [-0.2, 0) is 7.05 Å². The SMILES string of the molecule is CCN1CC(Oc2cnc(Oc3ccc4ncnc(Nc5ccn(C)n5)c4c3)c(F)c2)C1.Cl. The van der Waals surface area contributed by atoms with Crippen molar-refractivity contribution >= 4 is 34.9 Å². The minimum absolute atomic E-state index is 0. The number of anilines is 2. The first-order valence-electron chi connectivity index (χ1n) is 10.3. The average molecular weight is 472 g/mol. The van der Waals surface area contributed by atoms with E-state index in [0.29, 0.717) is 34.0 Å². The van der Waals surface area contributed by atoms with Crippen molar-refractivity contribution in [1.82, 2.24) is 29.6 Å². The standard InChI is InChI=1S/C22H22FN7O2.ClH/c1-3-30-11-16(12-30)31-15-9-18(23)22(24-10-15)32-14-4-5-19-17(8-14)21(26-13-25-19)27-20-6-7-29(2)28-20;/h4-10,13,16H,3,11-12H2,1-2H3,(H,25,26,27,28);1H. The predicted molar refractivity (Wildman–Crippen MR) is 124 cm³/mol. The van der Waals surface area contributed by atoms with Crippen LogP contribution in [0, 0.1) is 5.82 Å². The zero-order valence-electron chi connectivity index (χ0n) is 18.1. The van der Waals surface area contributed by atoms with E-state index in [1.807, 2.05) is 19.3 Å². The Morgan fingerprint density at radius 2 is 1.97 bits per heavy atom. The molecule has 3 aromatic heterocycles. The first-order valence-corrected chi connectivity index (χ1v) is 10.3. The van der Waals surface area contributed by atoms with Crippen LogP contribution in [0.1, 0.15) is 6.92 Å². The van der Waals surface area contributed by atoms with Crippen molar-refractivity contribution in [3.05, 3.63) is 54.9 Å². The van der Waals surface area contributed by atoms with Crippen molar-refractivity contribution in [2.24, 2.45) is 7.05 Å². The summed E-state index contributed by atoms with van der Waals surface area (Å²) in [7, 11) is 1.83. The minimum Gasteiger partial charge on any atom is -0.486 e. The van der Waals surface area contributed by atoms with E-state index >= 15 is 0 Å². The number of pyridine rings is 1. The van der Waals surface area contributed by atoms with Gasteiger partial charge in [0.1, 0.15) is 29.7 Å². The highest BCUT2D eigenvalue weighted by Gasteiger charge is 2.27. The van der Waals surface area contributed by atoms with Crippen LogP contribution in [0.3, 0.4) is 0 Å². The monoisotopic (exact) mass is 471 g/mol. The summed E-state index contributed by atoms with van der Waals surface area (Å²) >= 11 is 0. The normalized spacial score (nSPS) is 13.9. The van der Waals surface area contributed by atoms with E-state index in [-0.39, 0.29) is 24.4 Å². The molecule has 1 saturated heterocycles. The van der Waals surface area contributed by atoms with Gasteiger partial charge in [-0.15, -0.1) is 12.4 Å². The van der Waals surface area contributed by atoms with E-state index in [1.165, 1.54) is 18.6 Å². The second-order valence-electron chi connectivity index (χ2n) is 7.55. The molecule has 1 fully saturated rings. The number of nitrogens with zero attached hydrogens (tertiary/aromatic N) is 6. The molecule has 0 amide bonds. The number of likely N-dealkylation sites (N-methyl/N-ethyl adjacent to an activating group) is 1. The fourth-order valence-corrected chi connectivity index (χ4v) is 3.51. The number of ether oxygens (including phenoxy) is 2. The highest BCUT2D eigenvalue weighted by Crippen LogP contribution is 2.30. The zero-order valence-corrected chi connectivity index (χ0v) is 18.9. The van der Waals surface area contributed by atoms with Crippen LogP contribution in [0.15, 0.2) is 49.1 Å². The van der Waals surface area contributed by atoms with Gasteiger partial charge < -0.3 is 14.8 Å². The molecule has 0 unspecified atom stereocenters. The highest BCUT2D eigenvalue weighted by molar-refractivity contribution is 5.91. The van der Waals surface area contributed by atoms with E-state index in [0.717, 1.165) is 19.6 Å². The van der Waals surface area contributed by atoms with Gasteiger partial charge in [0.05, 0.1) is 11.7 Å². The third-order valence-corrected chi connectivity index (χ3v) is 5.24. The van der Waals surface area contributed by atoms with Crippen molar-refractivity contribution in [2.45, 2.75) is 13.0 Å². The van der Waals surface area contributed by atoms with Crippen molar-refractivity contribution < 1.29 is 13.9 Å². The molecule has 1 aromatic carbocycles. The quantitative estimate of drug-likeness (QED) is 0.433. The summed E-state index contributed by atoms with van der Waals surface area (Å²) in [6, 6.07) is 8.36. The molecule has 1 N–H and O–H groups in total. The maximum Gasteiger partial charge on any atom is 0.256 e. The molecule has 0 bridgehead atoms. The van der Waals surface area contributed by atoms with Crippen LogP contribution in [-0.4, -0.2) is 55.4 Å². The number of likely N-dealkylation sites (tertiary alicyclic amines) is 1. The second-order valence-corrected chi connectivity index (χ2v) is 7.55. The third kappa shape index (κ3) is 4.96. The molecule has 33 heavy (non-hydrogen) atoms. The maximum absolute atomic E-state index is 14.6. The average Bonchev–Trinajstić information content (AvgIpc) is 3.17. The molecule has 0 aliphatic carbocycles. The summed E-state index contributed by atoms with van der Waals surface area (Å²) in [4.78, 5) is 14.9. The molecule has 11 heteroatoms. The lowest BCUT2D eigenvalue weighted by atomic mass is 10.2. The number of halogens is 2. The van der Waals surface area contributed by atoms with Gasteiger partial charge in [-0.1, -0.05) is 6.92 Å². The maximum atomic E-state index is 14.6. The van der Waals surface area contributed by atoms with Gasteiger partial charge in [0.2, 0.25) is 0 Å². The van der Waals surface area contributed by atoms with Gasteiger partial charge in [0.25, 0.3) is 5.88 Å². The third-order valence-electron chi connectivity index (χ3n) is 5.24. The van der Waals surface area contributed by atoms with Gasteiger partial charge in [-0.05, 0) is 24.7 Å². The Labute approximate surface area is 196 Å². The largest absolute Gasteiger partial charge is 0.486 e. The van der Waals surface area contributed by atoms with E-state index in [2.05, 4.69) is 37.2 Å². The van der Waals surface area contributed by atoms with E-state index in [1.54, 1.807) is 22.9 Å². The van der Waals surface area contributed by atoms with Gasteiger partial charge in [-0.3, -0.25) is 9.58 Å². The predicted octanol–water partition coefficient (Wildman–Crippen LogP) is 3.94. The Balaban J connectivity index is 0.00000259. The first-order chi connectivity index (χ1) is 15.6. The Hall–Kier alpha value is -3.50. The van der Waals surface area contributed by atoms with Gasteiger partial charge in [0, 0.05) is 43.9 Å². The molecule has 5 rings (SSSR count). The zero-order chi connectivity index (χ0) is 22.1. The second kappa shape index (κ2) is 9.55. The van der Waals surface area contributed by atoms with Crippen LogP contribution in [0.4, 0.5) is 16.0 Å². The van der Waals surface area contributed by atoms with Crippen LogP contribution >= 0.6 is 12.4 Å². The molecule has 172 valence electrons. The number of fused-ring (bicyclic) bond motifs is 1. The number of hydrogen-bond donors (Lipinski definition) is 1.